The van der Waals surface area contributed by atoms with Crippen LogP contribution in [0.4, 0.5) is 0 Å². The van der Waals surface area contributed by atoms with Crippen molar-refractivity contribution in [1.29, 1.82) is 0 Å². The molecule has 8 aliphatic rings. The number of alkyl halides is 3. The summed E-state index contributed by atoms with van der Waals surface area (Å²) in [4.78, 5) is 2.58. The molecule has 0 atom stereocenters. The van der Waals surface area contributed by atoms with Gasteiger partial charge in [-0.1, -0.05) is 195 Å². The van der Waals surface area contributed by atoms with Crippen LogP contribution in [0, 0.1) is 29.7 Å². The molecule has 0 saturated heterocycles. The maximum atomic E-state index is 6.70. The Morgan fingerprint density at radius 3 is 0.607 bits per heavy atom. The molecule has 0 bridgehead atoms. The monoisotopic (exact) mass is 1110 g/mol. The summed E-state index contributed by atoms with van der Waals surface area (Å²) < 4.78 is 0. The number of rotatable bonds is 5. The van der Waals surface area contributed by atoms with Gasteiger partial charge in [-0.15, -0.1) is 0 Å². The second kappa shape index (κ2) is 40.2. The Labute approximate surface area is 408 Å². The van der Waals surface area contributed by atoms with Crippen molar-refractivity contribution < 1.29 is 34.1 Å². The van der Waals surface area contributed by atoms with Gasteiger partial charge in [0.1, 0.15) is 0 Å². The van der Waals surface area contributed by atoms with Gasteiger partial charge in [0, 0.05) is 14.5 Å². The third-order valence-electron chi connectivity index (χ3n) is 13.4. The topological polar surface area (TPSA) is 0 Å². The molecule has 0 aromatic carbocycles. The van der Waals surface area contributed by atoms with Crippen LogP contribution in [0.25, 0.3) is 0 Å². The predicted molar refractivity (Wildman–Crippen MR) is 269 cm³/mol. The van der Waals surface area contributed by atoms with Gasteiger partial charge in [0.15, 0.2) is 0 Å². The molecule has 0 N–H and O–H groups in total. The Balaban J connectivity index is -0.000000659. The van der Waals surface area contributed by atoms with Crippen LogP contribution in [-0.2, 0) is 34.1 Å². The van der Waals surface area contributed by atoms with E-state index in [1.807, 2.05) is 0 Å². The molecule has 8 heteroatoms. The Bertz CT molecular complexity index is 729. The summed E-state index contributed by atoms with van der Waals surface area (Å²) in [5.41, 5.74) is 5.43. The maximum Gasteiger partial charge on any atom is 2.00 e. The van der Waals surface area contributed by atoms with Crippen LogP contribution in [-0.4, -0.2) is 42.8 Å². The van der Waals surface area contributed by atoms with Gasteiger partial charge in [-0.2, -0.15) is 0 Å². The first-order valence-corrected chi connectivity index (χ1v) is 29.3. The normalized spacial score (nSPS) is 24.3. The predicted octanol–water partition coefficient (Wildman–Crippen LogP) is 20.1. The summed E-state index contributed by atoms with van der Waals surface area (Å²) >= 11 is 17.3. The minimum Gasteiger partial charge on any atom is -0.358 e. The fourth-order valence-corrected chi connectivity index (χ4v) is 20.5. The Morgan fingerprint density at radius 2 is 0.429 bits per heavy atom. The van der Waals surface area contributed by atoms with Crippen LogP contribution in [0.3, 0.4) is 0 Å². The summed E-state index contributed by atoms with van der Waals surface area (Å²) in [6.45, 7) is 0. The van der Waals surface area contributed by atoms with E-state index in [-0.39, 0.29) is 71.1 Å². The van der Waals surface area contributed by atoms with Gasteiger partial charge in [0.2, 0.25) is 0 Å². The molecule has 0 radical (unpaired) electrons. The molecule has 0 heterocycles. The third-order valence-corrected chi connectivity index (χ3v) is 24.4. The van der Waals surface area contributed by atoms with E-state index in [1.54, 1.807) is 77.0 Å². The van der Waals surface area contributed by atoms with E-state index in [0.717, 1.165) is 25.8 Å². The second-order valence-corrected chi connectivity index (χ2v) is 27.8. The molecule has 8 fully saturated rings. The minimum absolute atomic E-state index is 0. The van der Waals surface area contributed by atoms with Crippen LogP contribution >= 0.6 is 74.2 Å². The molecule has 0 spiro atoms. The zero-order valence-corrected chi connectivity index (χ0v) is 46.7. The third kappa shape index (κ3) is 26.4. The SMILES string of the molecule is BrC1CCCC1.BrC1CCCC1.BrC1CCCC1.C1CCC(P(C2CCCCC2)C2CCCC2)CC1.ClP(C1CCCCC1)C1CCCCC1.[CH3-].[CH3-].[CH3-].[CH3-].[Fe+2].[Fe+2]. The van der Waals surface area contributed by atoms with E-state index in [9.17, 15) is 0 Å². The Morgan fingerprint density at radius 1 is 0.268 bits per heavy atom. The zero-order chi connectivity index (χ0) is 35.2. The maximum absolute atomic E-state index is 6.70. The van der Waals surface area contributed by atoms with Crippen molar-refractivity contribution in [1.82, 2.24) is 0 Å². The molecular weight excluding hydrogens is 1030 g/mol. The molecule has 0 aliphatic heterocycles. The first-order chi connectivity index (χ1) is 24.5. The molecule has 0 nitrogen and oxygen atoms in total. The van der Waals surface area contributed by atoms with Crippen LogP contribution in [0.5, 0.6) is 0 Å². The quantitative estimate of drug-likeness (QED) is 0.111. The fraction of sp³-hybridized carbons (Fsp3) is 0.917. The number of hydrogen-bond acceptors (Lipinski definition) is 0. The zero-order valence-electron chi connectivity index (χ0n) is 37.2. The van der Waals surface area contributed by atoms with Crippen molar-refractivity contribution in [3.05, 3.63) is 29.7 Å². The molecule has 0 unspecified atom stereocenters. The van der Waals surface area contributed by atoms with Gasteiger partial charge in [-0.3, -0.25) is 0 Å². The summed E-state index contributed by atoms with van der Waals surface area (Å²) in [7, 11) is 0.257. The van der Waals surface area contributed by atoms with Crippen molar-refractivity contribution >= 4 is 74.2 Å². The second-order valence-electron chi connectivity index (χ2n) is 17.5. The van der Waals surface area contributed by atoms with E-state index >= 15 is 0 Å². The van der Waals surface area contributed by atoms with Gasteiger partial charge in [0.05, 0.1) is 0 Å². The minimum atomic E-state index is -0.145. The molecule has 8 rings (SSSR count). The van der Waals surface area contributed by atoms with E-state index in [0.29, 0.717) is 7.92 Å². The van der Waals surface area contributed by atoms with Crippen molar-refractivity contribution in [3.63, 3.8) is 0 Å². The summed E-state index contributed by atoms with van der Waals surface area (Å²) in [6, 6.07) is 0. The summed E-state index contributed by atoms with van der Waals surface area (Å²) in [5, 5.41) is 0. The first kappa shape index (κ1) is 63.9. The molecule has 0 amide bonds. The average molecular weight is 1120 g/mol. The van der Waals surface area contributed by atoms with Gasteiger partial charge in [0.25, 0.3) is 0 Å². The van der Waals surface area contributed by atoms with Gasteiger partial charge >= 0.3 is 34.1 Å². The Hall–Kier alpha value is 3.63. The molecule has 0 aromatic heterocycles. The van der Waals surface area contributed by atoms with Crippen LogP contribution in [0.1, 0.15) is 231 Å². The van der Waals surface area contributed by atoms with Crippen LogP contribution in [0.15, 0.2) is 0 Å². The average Bonchev–Trinajstić information content (AvgIpc) is 4.03. The standard InChI is InChI=1S/C17H31P.C12H22ClP.3C5H9Br.4CH3.2Fe/c1-3-9-15(10-4-1)18(17-13-7-8-14-17)16-11-5-2-6-12-16;13-14(11-7-3-1-4-8-11)12-9-5-2-6-10-12;3*6-5-3-1-2-4-5;;;;;;/h15-17H,1-14H2;11-12H,1-10H2;3*5H,1-4H2;4*1H3;;/q;;;;;4*-1;2*+2. The van der Waals surface area contributed by atoms with E-state index in [1.165, 1.54) is 171 Å². The van der Waals surface area contributed by atoms with Gasteiger partial charge < -0.3 is 29.7 Å². The molecule has 0 aromatic rings. The van der Waals surface area contributed by atoms with Gasteiger partial charge in [-0.25, -0.2) is 0 Å². The van der Waals surface area contributed by atoms with E-state index in [4.69, 9.17) is 11.2 Å². The molecular formula is C48H92Br3ClFe2P2. The smallest absolute Gasteiger partial charge is 0.358 e. The van der Waals surface area contributed by atoms with Gasteiger partial charge in [-0.05, 0) is 138 Å². The molecule has 8 aliphatic carbocycles. The number of halogens is 4. The van der Waals surface area contributed by atoms with Crippen molar-refractivity contribution in [2.75, 3.05) is 0 Å². The largest absolute Gasteiger partial charge is 2.00 e. The molecule has 338 valence electrons. The van der Waals surface area contributed by atoms with Crippen LogP contribution in [0.2, 0.25) is 0 Å². The number of hydrogen-bond donors (Lipinski definition) is 0. The van der Waals surface area contributed by atoms with Crippen molar-refractivity contribution in [2.24, 2.45) is 0 Å². The summed E-state index contributed by atoms with van der Waals surface area (Å²) in [6.07, 6.45) is 53.6. The summed E-state index contributed by atoms with van der Waals surface area (Å²) in [5.74, 6) is 0. The van der Waals surface area contributed by atoms with Crippen molar-refractivity contribution in [3.8, 4) is 0 Å². The van der Waals surface area contributed by atoms with Crippen molar-refractivity contribution in [2.45, 2.75) is 274 Å². The van der Waals surface area contributed by atoms with E-state index in [2.05, 4.69) is 47.8 Å². The molecule has 56 heavy (non-hydrogen) atoms. The van der Waals surface area contributed by atoms with E-state index < -0.39 is 0 Å². The molecule has 8 saturated carbocycles. The first-order valence-electron chi connectivity index (χ1n) is 22.6. The Kier molecular flexibility index (Phi) is 45.8. The van der Waals surface area contributed by atoms with Crippen LogP contribution < -0.4 is 0 Å². The fourth-order valence-electron chi connectivity index (χ4n) is 10.4.